The summed E-state index contributed by atoms with van der Waals surface area (Å²) in [4.78, 5) is 13.2. The molecule has 0 spiro atoms. The summed E-state index contributed by atoms with van der Waals surface area (Å²) in [5.41, 5.74) is 10.6. The molecule has 0 saturated carbocycles. The first-order chi connectivity index (χ1) is 26.7. The third-order valence-corrected chi connectivity index (χ3v) is 9.95. The van der Waals surface area contributed by atoms with Crippen molar-refractivity contribution in [2.24, 2.45) is 0 Å². The van der Waals surface area contributed by atoms with E-state index in [1.165, 1.54) is 5.39 Å². The van der Waals surface area contributed by atoms with Gasteiger partial charge in [0.1, 0.15) is 5.82 Å². The van der Waals surface area contributed by atoms with Crippen molar-refractivity contribution in [3.63, 3.8) is 0 Å². The van der Waals surface area contributed by atoms with E-state index >= 15 is 0 Å². The zero-order valence-electron chi connectivity index (χ0n) is 29.8. The van der Waals surface area contributed by atoms with Gasteiger partial charge in [-0.2, -0.15) is 18.8 Å². The number of ether oxygens (including phenoxy) is 1. The van der Waals surface area contributed by atoms with Crippen LogP contribution >= 0.6 is 0 Å². The molecular weight excluding hydrogens is 858 g/mol. The predicted molar refractivity (Wildman–Crippen MR) is 220 cm³/mol. The first kappa shape index (κ1) is 34.4. The van der Waals surface area contributed by atoms with Crippen LogP contribution < -0.4 is 24.3 Å². The van der Waals surface area contributed by atoms with Gasteiger partial charge in [-0.05, 0) is 41.8 Å². The molecule has 55 heavy (non-hydrogen) atoms. The average molecular weight is 891 g/mol. The SMILES string of the molecule is CN1[CH-]N(c2[c-]c(Oc3[c-]c(N4[CH-]N(c5c(-c6ccccc6)cccc5-c5ccccc5)c5c4ccc4ccccc54)ccc3)ccc2)c2cccnc21.[Pt+4]. The molecule has 7 aromatic carbocycles. The molecule has 8 aromatic rings. The molecule has 2 aliphatic heterocycles. The van der Waals surface area contributed by atoms with E-state index in [4.69, 9.17) is 4.74 Å². The van der Waals surface area contributed by atoms with Gasteiger partial charge < -0.3 is 24.3 Å². The quantitative estimate of drug-likeness (QED) is 0.148. The number of para-hydroxylation sites is 1. The van der Waals surface area contributed by atoms with E-state index in [0.717, 1.165) is 67.6 Å². The van der Waals surface area contributed by atoms with Gasteiger partial charge in [0.25, 0.3) is 0 Å². The van der Waals surface area contributed by atoms with E-state index < -0.39 is 0 Å². The van der Waals surface area contributed by atoms with Gasteiger partial charge in [-0.25, -0.2) is 4.98 Å². The van der Waals surface area contributed by atoms with Crippen LogP contribution in [-0.2, 0) is 21.1 Å². The third-order valence-electron chi connectivity index (χ3n) is 9.95. The zero-order chi connectivity index (χ0) is 36.0. The minimum atomic E-state index is 0. The summed E-state index contributed by atoms with van der Waals surface area (Å²) in [6, 6.07) is 63.8. The van der Waals surface area contributed by atoms with Crippen molar-refractivity contribution in [1.82, 2.24) is 4.98 Å². The van der Waals surface area contributed by atoms with Crippen LogP contribution in [0.2, 0.25) is 0 Å². The summed E-state index contributed by atoms with van der Waals surface area (Å²) in [6.45, 7) is 4.20. The number of anilines is 7. The molecule has 0 N–H and O–H groups in total. The van der Waals surface area contributed by atoms with Crippen molar-refractivity contribution >= 4 is 50.7 Å². The molecule has 1 aromatic heterocycles. The molecule has 0 atom stereocenters. The smallest absolute Gasteiger partial charge is 0.509 e. The number of hydrogen-bond donors (Lipinski definition) is 0. The Morgan fingerprint density at radius 3 is 1.78 bits per heavy atom. The summed E-state index contributed by atoms with van der Waals surface area (Å²) in [7, 11) is 1.99. The van der Waals surface area contributed by atoms with Gasteiger partial charge in [0.05, 0.1) is 5.69 Å². The Morgan fingerprint density at radius 1 is 0.509 bits per heavy atom. The largest absolute Gasteiger partial charge is 4.00 e. The van der Waals surface area contributed by atoms with Gasteiger partial charge in [0, 0.05) is 51.3 Å². The summed E-state index contributed by atoms with van der Waals surface area (Å²) >= 11 is 0. The second-order valence-corrected chi connectivity index (χ2v) is 13.3. The second-order valence-electron chi connectivity index (χ2n) is 13.3. The Kier molecular flexibility index (Phi) is 9.05. The average Bonchev–Trinajstić information content (AvgIpc) is 3.80. The molecular formula is C48H33N5OPt. The summed E-state index contributed by atoms with van der Waals surface area (Å²) in [6.07, 6.45) is 1.81. The number of aromatic nitrogens is 1. The molecule has 0 radical (unpaired) electrons. The Hall–Kier alpha value is -6.36. The third kappa shape index (κ3) is 6.19. The molecule has 0 saturated heterocycles. The molecule has 3 heterocycles. The second kappa shape index (κ2) is 14.5. The van der Waals surface area contributed by atoms with E-state index in [1.54, 1.807) is 6.20 Å². The fourth-order valence-corrected chi connectivity index (χ4v) is 7.51. The number of rotatable bonds is 7. The van der Waals surface area contributed by atoms with Gasteiger partial charge in [0.2, 0.25) is 0 Å². The minimum absolute atomic E-state index is 0. The Balaban J connectivity index is 0.00000397. The van der Waals surface area contributed by atoms with Gasteiger partial charge in [-0.3, -0.25) is 0 Å². The maximum absolute atomic E-state index is 6.48. The van der Waals surface area contributed by atoms with Crippen LogP contribution in [0.25, 0.3) is 33.0 Å². The number of pyridine rings is 1. The molecule has 0 unspecified atom stereocenters. The molecule has 10 rings (SSSR count). The van der Waals surface area contributed by atoms with Crippen molar-refractivity contribution in [1.29, 1.82) is 0 Å². The summed E-state index contributed by atoms with van der Waals surface area (Å²) in [5.74, 6) is 2.08. The van der Waals surface area contributed by atoms with Gasteiger partial charge >= 0.3 is 21.1 Å². The van der Waals surface area contributed by atoms with Crippen LogP contribution in [-0.4, -0.2) is 12.0 Å². The maximum Gasteiger partial charge on any atom is 4.00 e. The van der Waals surface area contributed by atoms with Gasteiger partial charge in [0.15, 0.2) is 0 Å². The maximum atomic E-state index is 6.48. The summed E-state index contributed by atoms with van der Waals surface area (Å²) in [5, 5.41) is 2.34. The van der Waals surface area contributed by atoms with Crippen molar-refractivity contribution in [2.75, 3.05) is 26.6 Å². The fourth-order valence-electron chi connectivity index (χ4n) is 7.51. The van der Waals surface area contributed by atoms with Crippen molar-refractivity contribution in [3.05, 3.63) is 195 Å². The van der Waals surface area contributed by atoms with Crippen LogP contribution in [0.15, 0.2) is 170 Å². The molecule has 266 valence electrons. The minimum Gasteiger partial charge on any atom is -0.509 e. The topological polar surface area (TPSA) is 35.1 Å². The molecule has 7 heteroatoms. The molecule has 2 aliphatic rings. The van der Waals surface area contributed by atoms with Crippen molar-refractivity contribution in [3.8, 4) is 33.8 Å². The van der Waals surface area contributed by atoms with Crippen LogP contribution in [0.3, 0.4) is 0 Å². The van der Waals surface area contributed by atoms with E-state index in [0.29, 0.717) is 11.5 Å². The Bertz CT molecular complexity index is 2590. The molecule has 6 nitrogen and oxygen atoms in total. The molecule has 0 fully saturated rings. The van der Waals surface area contributed by atoms with Crippen LogP contribution in [0.4, 0.5) is 39.9 Å². The van der Waals surface area contributed by atoms with E-state index in [9.17, 15) is 0 Å². The molecule has 0 amide bonds. The summed E-state index contributed by atoms with van der Waals surface area (Å²) < 4.78 is 6.48. The fraction of sp³-hybridized carbons (Fsp3) is 0.0208. The number of benzene rings is 7. The van der Waals surface area contributed by atoms with E-state index in [2.05, 4.69) is 166 Å². The van der Waals surface area contributed by atoms with Crippen LogP contribution in [0.1, 0.15) is 0 Å². The predicted octanol–water partition coefficient (Wildman–Crippen LogP) is 12.1. The first-order valence-corrected chi connectivity index (χ1v) is 17.9. The van der Waals surface area contributed by atoms with Crippen molar-refractivity contribution < 1.29 is 25.8 Å². The van der Waals surface area contributed by atoms with Crippen LogP contribution in [0, 0.1) is 25.5 Å². The van der Waals surface area contributed by atoms with Gasteiger partial charge in [-0.1, -0.05) is 109 Å². The van der Waals surface area contributed by atoms with Gasteiger partial charge in [-0.15, -0.1) is 54.4 Å². The monoisotopic (exact) mass is 890 g/mol. The van der Waals surface area contributed by atoms with E-state index in [-0.39, 0.29) is 21.1 Å². The molecule has 0 bridgehead atoms. The zero-order valence-corrected chi connectivity index (χ0v) is 32.1. The number of nitrogens with zero attached hydrogens (tertiary/aromatic N) is 5. The van der Waals surface area contributed by atoms with Crippen LogP contribution in [0.5, 0.6) is 11.5 Å². The Labute approximate surface area is 335 Å². The van der Waals surface area contributed by atoms with Crippen molar-refractivity contribution in [2.45, 2.75) is 0 Å². The Morgan fingerprint density at radius 2 is 1.11 bits per heavy atom. The number of hydrogen-bond acceptors (Lipinski definition) is 6. The van der Waals surface area contributed by atoms with E-state index in [1.807, 2.05) is 55.0 Å². The molecule has 0 aliphatic carbocycles. The number of fused-ring (bicyclic) bond motifs is 4. The first-order valence-electron chi connectivity index (χ1n) is 17.9. The normalized spacial score (nSPS) is 13.1. The standard InChI is InChI=1S/C48H33N5O.Pt/c1-50-32-51(45-26-13-29-49-48(45)50)37-19-10-21-39(30-37)54-40-22-11-20-38(31-40)52-33-53(47-43-23-9-8-18-36(43)27-28-44(47)52)46-41(34-14-4-2-5-15-34)24-12-25-42(46)35-16-6-3-7-17-35;/h2-29,32-33H,1H3;/q-4;+4.